The molecule has 1 saturated carbocycles. The lowest BCUT2D eigenvalue weighted by atomic mass is 9.99. The summed E-state index contributed by atoms with van der Waals surface area (Å²) >= 11 is 0. The van der Waals surface area contributed by atoms with Gasteiger partial charge >= 0.3 is 0 Å². The molecule has 130 valence electrons. The predicted molar refractivity (Wildman–Crippen MR) is 92.6 cm³/mol. The number of rotatable bonds is 3. The van der Waals surface area contributed by atoms with Crippen LogP contribution in [0, 0.1) is 12.8 Å². The van der Waals surface area contributed by atoms with E-state index in [4.69, 9.17) is 0 Å². The Labute approximate surface area is 143 Å². The highest BCUT2D eigenvalue weighted by Gasteiger charge is 2.30. The van der Waals surface area contributed by atoms with Gasteiger partial charge in [0, 0.05) is 36.9 Å². The molecular weight excluding hydrogens is 302 g/mol. The fourth-order valence-electron chi connectivity index (χ4n) is 3.70. The molecular formula is C19H27N3O2. The molecule has 0 spiro atoms. The fourth-order valence-corrected chi connectivity index (χ4v) is 3.70. The minimum absolute atomic E-state index is 0.00807. The molecule has 0 aromatic carbocycles. The van der Waals surface area contributed by atoms with Crippen molar-refractivity contribution in [1.82, 2.24) is 15.2 Å². The molecule has 2 amide bonds. The number of nitrogens with zero attached hydrogens (tertiary/aromatic N) is 2. The van der Waals surface area contributed by atoms with Crippen molar-refractivity contribution in [3.63, 3.8) is 0 Å². The lowest BCUT2D eigenvalue weighted by Crippen LogP contribution is -2.41. The minimum Gasteiger partial charge on any atom is -0.351 e. The first-order chi connectivity index (χ1) is 11.6. The summed E-state index contributed by atoms with van der Waals surface area (Å²) in [5, 5.41) is 3.17. The van der Waals surface area contributed by atoms with E-state index in [1.165, 1.54) is 12.8 Å². The topological polar surface area (TPSA) is 62.3 Å². The van der Waals surface area contributed by atoms with Crippen molar-refractivity contribution in [2.75, 3.05) is 13.1 Å². The SMILES string of the molecule is Cc1ccc(C(=O)N2CC[C@@H](NC(=O)C3CCCCCC3)C2)cn1. The molecule has 1 atom stereocenters. The Morgan fingerprint density at radius 2 is 1.88 bits per heavy atom. The van der Waals surface area contributed by atoms with Gasteiger partial charge in [0.05, 0.1) is 5.56 Å². The van der Waals surface area contributed by atoms with Crippen molar-refractivity contribution in [2.24, 2.45) is 5.92 Å². The smallest absolute Gasteiger partial charge is 0.255 e. The van der Waals surface area contributed by atoms with Crippen molar-refractivity contribution in [2.45, 2.75) is 57.9 Å². The largest absolute Gasteiger partial charge is 0.351 e. The first-order valence-corrected chi connectivity index (χ1v) is 9.16. The third-order valence-electron chi connectivity index (χ3n) is 5.21. The van der Waals surface area contributed by atoms with Gasteiger partial charge in [-0.05, 0) is 38.3 Å². The van der Waals surface area contributed by atoms with E-state index in [0.29, 0.717) is 18.7 Å². The van der Waals surface area contributed by atoms with Gasteiger partial charge in [0.2, 0.25) is 5.91 Å². The second-order valence-electron chi connectivity index (χ2n) is 7.12. The zero-order chi connectivity index (χ0) is 16.9. The number of carbonyl (C=O) groups is 2. The van der Waals surface area contributed by atoms with Gasteiger partial charge in [-0.25, -0.2) is 0 Å². The number of aryl methyl sites for hydroxylation is 1. The van der Waals surface area contributed by atoms with Crippen molar-refractivity contribution in [3.8, 4) is 0 Å². The number of nitrogens with one attached hydrogen (secondary N) is 1. The van der Waals surface area contributed by atoms with Crippen LogP contribution in [0.3, 0.4) is 0 Å². The second kappa shape index (κ2) is 7.77. The second-order valence-corrected chi connectivity index (χ2v) is 7.12. The van der Waals surface area contributed by atoms with E-state index in [9.17, 15) is 9.59 Å². The number of carbonyl (C=O) groups excluding carboxylic acids is 2. The summed E-state index contributed by atoms with van der Waals surface area (Å²) < 4.78 is 0. The van der Waals surface area contributed by atoms with Crippen LogP contribution in [0.4, 0.5) is 0 Å². The molecule has 3 rings (SSSR count). The summed E-state index contributed by atoms with van der Waals surface area (Å²) in [6, 6.07) is 3.76. The molecule has 1 N–H and O–H groups in total. The van der Waals surface area contributed by atoms with Gasteiger partial charge in [0.25, 0.3) is 5.91 Å². The monoisotopic (exact) mass is 329 g/mol. The average molecular weight is 329 g/mol. The van der Waals surface area contributed by atoms with E-state index < -0.39 is 0 Å². The van der Waals surface area contributed by atoms with Crippen LogP contribution in [-0.2, 0) is 4.79 Å². The summed E-state index contributed by atoms with van der Waals surface area (Å²) in [4.78, 5) is 31.0. The van der Waals surface area contributed by atoms with Gasteiger partial charge in [0.15, 0.2) is 0 Å². The molecule has 0 radical (unpaired) electrons. The van der Waals surface area contributed by atoms with Crippen LogP contribution in [0.1, 0.15) is 61.0 Å². The van der Waals surface area contributed by atoms with E-state index in [1.54, 1.807) is 6.20 Å². The lowest BCUT2D eigenvalue weighted by Gasteiger charge is -2.19. The maximum Gasteiger partial charge on any atom is 0.255 e. The quantitative estimate of drug-likeness (QED) is 0.867. The standard InChI is InChI=1S/C19H27N3O2/c1-14-8-9-16(12-20-14)19(24)22-11-10-17(13-22)21-18(23)15-6-4-2-3-5-7-15/h8-9,12,15,17H,2-7,10-11,13H2,1H3,(H,21,23)/t17-/m1/s1. The van der Waals surface area contributed by atoms with Gasteiger partial charge in [-0.15, -0.1) is 0 Å². The van der Waals surface area contributed by atoms with Gasteiger partial charge in [-0.3, -0.25) is 14.6 Å². The molecule has 24 heavy (non-hydrogen) atoms. The number of hydrogen-bond acceptors (Lipinski definition) is 3. The number of aromatic nitrogens is 1. The van der Waals surface area contributed by atoms with E-state index in [2.05, 4.69) is 10.3 Å². The number of hydrogen-bond donors (Lipinski definition) is 1. The molecule has 2 aliphatic rings. The third kappa shape index (κ3) is 4.13. The zero-order valence-electron chi connectivity index (χ0n) is 14.5. The molecule has 5 nitrogen and oxygen atoms in total. The Bertz CT molecular complexity index is 577. The maximum atomic E-state index is 12.5. The predicted octanol–water partition coefficient (Wildman–Crippen LogP) is 2.69. The Morgan fingerprint density at radius 3 is 2.54 bits per heavy atom. The van der Waals surface area contributed by atoms with Crippen molar-refractivity contribution in [1.29, 1.82) is 0 Å². The van der Waals surface area contributed by atoms with E-state index in [-0.39, 0.29) is 23.8 Å². The average Bonchev–Trinajstić information content (AvgIpc) is 2.87. The zero-order valence-corrected chi connectivity index (χ0v) is 14.5. The van der Waals surface area contributed by atoms with Crippen LogP contribution in [0.5, 0.6) is 0 Å². The lowest BCUT2D eigenvalue weighted by molar-refractivity contribution is -0.126. The van der Waals surface area contributed by atoms with Gasteiger partial charge in [-0.2, -0.15) is 0 Å². The molecule has 1 saturated heterocycles. The summed E-state index contributed by atoms with van der Waals surface area (Å²) in [7, 11) is 0. The minimum atomic E-state index is 0.00807. The first kappa shape index (κ1) is 16.9. The molecule has 1 aromatic rings. The molecule has 1 aromatic heterocycles. The molecule has 1 aliphatic heterocycles. The first-order valence-electron chi connectivity index (χ1n) is 9.16. The highest BCUT2D eigenvalue weighted by Crippen LogP contribution is 2.23. The van der Waals surface area contributed by atoms with Crippen LogP contribution in [-0.4, -0.2) is 40.8 Å². The van der Waals surface area contributed by atoms with Crippen molar-refractivity contribution in [3.05, 3.63) is 29.6 Å². The highest BCUT2D eigenvalue weighted by atomic mass is 16.2. The molecule has 2 heterocycles. The van der Waals surface area contributed by atoms with E-state index in [0.717, 1.165) is 37.8 Å². The number of pyridine rings is 1. The van der Waals surface area contributed by atoms with Crippen LogP contribution < -0.4 is 5.32 Å². The van der Waals surface area contributed by atoms with Crippen molar-refractivity contribution < 1.29 is 9.59 Å². The Balaban J connectivity index is 1.52. The Morgan fingerprint density at radius 1 is 1.12 bits per heavy atom. The molecule has 1 aliphatic carbocycles. The molecule has 5 heteroatoms. The number of likely N-dealkylation sites (tertiary alicyclic amines) is 1. The van der Waals surface area contributed by atoms with E-state index >= 15 is 0 Å². The highest BCUT2D eigenvalue weighted by molar-refractivity contribution is 5.94. The summed E-state index contributed by atoms with van der Waals surface area (Å²) in [6.07, 6.45) is 9.31. The molecule has 0 bridgehead atoms. The van der Waals surface area contributed by atoms with Gasteiger partial charge in [-0.1, -0.05) is 25.7 Å². The summed E-state index contributed by atoms with van der Waals surface area (Å²) in [5.41, 5.74) is 1.53. The summed E-state index contributed by atoms with van der Waals surface area (Å²) in [6.45, 7) is 3.21. The normalized spacial score (nSPS) is 22.2. The fraction of sp³-hybridized carbons (Fsp3) is 0.632. The maximum absolute atomic E-state index is 12.5. The Kier molecular flexibility index (Phi) is 5.48. The van der Waals surface area contributed by atoms with Crippen LogP contribution in [0.2, 0.25) is 0 Å². The number of amides is 2. The van der Waals surface area contributed by atoms with Gasteiger partial charge in [0.1, 0.15) is 0 Å². The third-order valence-corrected chi connectivity index (χ3v) is 5.21. The Hall–Kier alpha value is -1.91. The summed E-state index contributed by atoms with van der Waals surface area (Å²) in [5.74, 6) is 0.362. The molecule has 0 unspecified atom stereocenters. The van der Waals surface area contributed by atoms with Crippen LogP contribution in [0.15, 0.2) is 18.3 Å². The van der Waals surface area contributed by atoms with Gasteiger partial charge < -0.3 is 10.2 Å². The molecule has 2 fully saturated rings. The van der Waals surface area contributed by atoms with Crippen LogP contribution in [0.25, 0.3) is 0 Å². The van der Waals surface area contributed by atoms with Crippen LogP contribution >= 0.6 is 0 Å². The van der Waals surface area contributed by atoms with E-state index in [1.807, 2.05) is 24.0 Å². The van der Waals surface area contributed by atoms with Crippen molar-refractivity contribution >= 4 is 11.8 Å².